The van der Waals surface area contributed by atoms with Gasteiger partial charge in [-0.25, -0.2) is 0 Å². The van der Waals surface area contributed by atoms with Crippen molar-refractivity contribution in [1.82, 2.24) is 10.6 Å². The molecule has 1 aliphatic rings. The lowest BCUT2D eigenvalue weighted by molar-refractivity contribution is -0.126. The van der Waals surface area contributed by atoms with E-state index >= 15 is 0 Å². The third-order valence-electron chi connectivity index (χ3n) is 4.86. The first-order chi connectivity index (χ1) is 13.4. The summed E-state index contributed by atoms with van der Waals surface area (Å²) in [5, 5.41) is 15.3. The van der Waals surface area contributed by atoms with Crippen LogP contribution in [0.5, 0.6) is 5.75 Å². The minimum absolute atomic E-state index is 0.00127. The highest BCUT2D eigenvalue weighted by Crippen LogP contribution is 2.22. The maximum absolute atomic E-state index is 12.8. The molecule has 0 saturated heterocycles. The number of unbranched alkanes of at least 4 members (excludes halogenated alkanes) is 1. The van der Waals surface area contributed by atoms with Gasteiger partial charge in [0, 0.05) is 5.56 Å². The van der Waals surface area contributed by atoms with Crippen LogP contribution in [-0.4, -0.2) is 47.5 Å². The molecule has 2 rings (SSSR count). The second kappa shape index (κ2) is 10.8. The third-order valence-corrected chi connectivity index (χ3v) is 4.86. The van der Waals surface area contributed by atoms with Crippen LogP contribution in [0.2, 0.25) is 0 Å². The number of ketones is 1. The molecule has 1 saturated carbocycles. The van der Waals surface area contributed by atoms with Crippen molar-refractivity contribution in [2.24, 2.45) is 0 Å². The van der Waals surface area contributed by atoms with Gasteiger partial charge < -0.3 is 20.5 Å². The van der Waals surface area contributed by atoms with Crippen LogP contribution in [0, 0.1) is 0 Å². The molecule has 0 aliphatic heterocycles. The molecule has 1 aromatic carbocycles. The number of benzene rings is 1. The molecule has 3 atom stereocenters. The maximum Gasteiger partial charge on any atom is 0.252 e. The van der Waals surface area contributed by atoms with Crippen molar-refractivity contribution >= 4 is 17.6 Å². The smallest absolute Gasteiger partial charge is 0.252 e. The normalized spacial score (nSPS) is 19.8. The fraction of sp³-hybridized carbons (Fsp3) is 0.571. The zero-order chi connectivity index (χ0) is 20.5. The Bertz CT molecular complexity index is 691. The molecule has 2 amide bonds. The summed E-state index contributed by atoms with van der Waals surface area (Å²) in [6, 6.07) is 5.21. The molecule has 1 aliphatic carbocycles. The lowest BCUT2D eigenvalue weighted by atomic mass is 10.1. The van der Waals surface area contributed by atoms with E-state index in [1.54, 1.807) is 12.1 Å². The van der Waals surface area contributed by atoms with Crippen LogP contribution in [0.1, 0.15) is 62.7 Å². The first kappa shape index (κ1) is 21.9. The summed E-state index contributed by atoms with van der Waals surface area (Å²) in [6.45, 7) is 3.54. The van der Waals surface area contributed by atoms with Crippen LogP contribution in [0.25, 0.3) is 0 Å². The molecular weight excluding hydrogens is 360 g/mol. The van der Waals surface area contributed by atoms with Gasteiger partial charge in [-0.05, 0) is 50.8 Å². The molecule has 3 N–H and O–H groups in total. The molecule has 7 heteroatoms. The number of carbonyl (C=O) groups is 3. The lowest BCUT2D eigenvalue weighted by Gasteiger charge is -2.25. The van der Waals surface area contributed by atoms with E-state index in [1.807, 2.05) is 6.92 Å². The molecule has 0 spiro atoms. The molecular formula is C21H30N2O5. The number of phenols is 1. The van der Waals surface area contributed by atoms with Crippen molar-refractivity contribution in [3.05, 3.63) is 29.8 Å². The second-order valence-corrected chi connectivity index (χ2v) is 7.32. The van der Waals surface area contributed by atoms with Crippen LogP contribution in [0.3, 0.4) is 0 Å². The minimum Gasteiger partial charge on any atom is -0.508 e. The van der Waals surface area contributed by atoms with Crippen LogP contribution < -0.4 is 10.6 Å². The first-order valence-corrected chi connectivity index (χ1v) is 9.92. The highest BCUT2D eigenvalue weighted by Gasteiger charge is 2.32. The predicted molar refractivity (Wildman–Crippen MR) is 105 cm³/mol. The number of nitrogens with one attached hydrogen (secondary N) is 2. The van der Waals surface area contributed by atoms with E-state index in [-0.39, 0.29) is 36.2 Å². The summed E-state index contributed by atoms with van der Waals surface area (Å²) in [5.41, 5.74) is 0.304. The second-order valence-electron chi connectivity index (χ2n) is 7.32. The molecule has 1 aromatic rings. The highest BCUT2D eigenvalue weighted by molar-refractivity contribution is 5.97. The predicted octanol–water partition coefficient (Wildman–Crippen LogP) is 2.32. The van der Waals surface area contributed by atoms with Crippen LogP contribution in [-0.2, 0) is 14.3 Å². The Balaban J connectivity index is 1.99. The van der Waals surface area contributed by atoms with Gasteiger partial charge >= 0.3 is 0 Å². The van der Waals surface area contributed by atoms with Gasteiger partial charge in [-0.2, -0.15) is 0 Å². The van der Waals surface area contributed by atoms with Crippen LogP contribution in [0.4, 0.5) is 0 Å². The fourth-order valence-corrected chi connectivity index (χ4v) is 3.36. The van der Waals surface area contributed by atoms with Gasteiger partial charge in [0.05, 0.1) is 12.1 Å². The third kappa shape index (κ3) is 6.64. The van der Waals surface area contributed by atoms with Crippen molar-refractivity contribution in [1.29, 1.82) is 0 Å². The Morgan fingerprint density at radius 2 is 2.07 bits per heavy atom. The van der Waals surface area contributed by atoms with Gasteiger partial charge in [0.2, 0.25) is 5.91 Å². The molecule has 0 aromatic heterocycles. The van der Waals surface area contributed by atoms with Crippen molar-refractivity contribution < 1.29 is 24.2 Å². The van der Waals surface area contributed by atoms with Crippen LogP contribution >= 0.6 is 0 Å². The van der Waals surface area contributed by atoms with E-state index in [1.165, 1.54) is 19.1 Å². The summed E-state index contributed by atoms with van der Waals surface area (Å²) >= 11 is 0. The Hall–Kier alpha value is -2.41. The number of ether oxygens (including phenoxy) is 1. The molecule has 0 heterocycles. The summed E-state index contributed by atoms with van der Waals surface area (Å²) in [7, 11) is 0. The largest absolute Gasteiger partial charge is 0.508 e. The van der Waals surface area contributed by atoms with E-state index in [0.717, 1.165) is 32.1 Å². The SMILES string of the molecule is CCCC[C@H](NC(=O)c1cccc(O)c1)C(=O)N[C@H]1CCC[C@@H]1OCC(C)=O. The number of aromatic hydroxyl groups is 1. The van der Waals surface area contributed by atoms with Crippen molar-refractivity contribution in [3.63, 3.8) is 0 Å². The molecule has 0 unspecified atom stereocenters. The number of carbonyl (C=O) groups excluding carboxylic acids is 3. The van der Waals surface area contributed by atoms with E-state index in [0.29, 0.717) is 12.0 Å². The van der Waals surface area contributed by atoms with Gasteiger partial charge in [0.15, 0.2) is 5.78 Å². The van der Waals surface area contributed by atoms with Gasteiger partial charge in [-0.1, -0.05) is 25.8 Å². The number of hydrogen-bond donors (Lipinski definition) is 3. The minimum atomic E-state index is -0.663. The lowest BCUT2D eigenvalue weighted by Crippen LogP contribution is -2.51. The number of Topliss-reactive ketones (excluding diaryl/α,β-unsaturated/α-hetero) is 1. The summed E-state index contributed by atoms with van der Waals surface area (Å²) in [5.74, 6) is -0.692. The van der Waals surface area contributed by atoms with Gasteiger partial charge in [-0.3, -0.25) is 14.4 Å². The molecule has 28 heavy (non-hydrogen) atoms. The Kier molecular flexibility index (Phi) is 8.44. The van der Waals surface area contributed by atoms with Gasteiger partial charge in [0.25, 0.3) is 5.91 Å². The van der Waals surface area contributed by atoms with E-state index in [9.17, 15) is 19.5 Å². The number of phenolic OH excluding ortho intramolecular Hbond substituents is 1. The van der Waals surface area contributed by atoms with Crippen molar-refractivity contribution in [3.8, 4) is 5.75 Å². The topological polar surface area (TPSA) is 105 Å². The number of rotatable bonds is 10. The van der Waals surface area contributed by atoms with Crippen molar-refractivity contribution in [2.45, 2.75) is 70.6 Å². The summed E-state index contributed by atoms with van der Waals surface area (Å²) in [4.78, 5) is 36.5. The molecule has 7 nitrogen and oxygen atoms in total. The molecule has 154 valence electrons. The molecule has 1 fully saturated rings. The quantitative estimate of drug-likeness (QED) is 0.569. The summed E-state index contributed by atoms with van der Waals surface area (Å²) in [6.07, 6.45) is 4.55. The Labute approximate surface area is 165 Å². The maximum atomic E-state index is 12.8. The fourth-order valence-electron chi connectivity index (χ4n) is 3.36. The Morgan fingerprint density at radius 1 is 1.29 bits per heavy atom. The standard InChI is InChI=1S/C21H30N2O5/c1-3-4-9-18(23-20(26)15-7-5-8-16(25)12-15)21(27)22-17-10-6-11-19(17)28-13-14(2)24/h5,7-8,12,17-19,25H,3-4,6,9-11,13H2,1-2H3,(H,22,27)(H,23,26)/t17-,18-,19-/m0/s1. The molecule has 0 radical (unpaired) electrons. The first-order valence-electron chi connectivity index (χ1n) is 9.92. The van der Waals surface area contributed by atoms with Crippen molar-refractivity contribution in [2.75, 3.05) is 6.61 Å². The average molecular weight is 390 g/mol. The highest BCUT2D eigenvalue weighted by atomic mass is 16.5. The zero-order valence-corrected chi connectivity index (χ0v) is 16.6. The van der Waals surface area contributed by atoms with E-state index in [2.05, 4.69) is 10.6 Å². The monoisotopic (exact) mass is 390 g/mol. The Morgan fingerprint density at radius 3 is 2.75 bits per heavy atom. The number of hydrogen-bond acceptors (Lipinski definition) is 5. The van der Waals surface area contributed by atoms with E-state index < -0.39 is 11.9 Å². The average Bonchev–Trinajstić information content (AvgIpc) is 3.10. The van der Waals surface area contributed by atoms with E-state index in [4.69, 9.17) is 4.74 Å². The number of amides is 2. The summed E-state index contributed by atoms with van der Waals surface area (Å²) < 4.78 is 5.62. The van der Waals surface area contributed by atoms with Crippen LogP contribution in [0.15, 0.2) is 24.3 Å². The molecule has 0 bridgehead atoms. The zero-order valence-electron chi connectivity index (χ0n) is 16.6. The van der Waals surface area contributed by atoms with Gasteiger partial charge in [0.1, 0.15) is 18.4 Å². The van der Waals surface area contributed by atoms with Gasteiger partial charge in [-0.15, -0.1) is 0 Å².